The quantitative estimate of drug-likeness (QED) is 0.0919. The van der Waals surface area contributed by atoms with E-state index in [0.29, 0.717) is 5.92 Å². The van der Waals surface area contributed by atoms with Gasteiger partial charge in [0, 0.05) is 0 Å². The number of hydrogen-bond acceptors (Lipinski definition) is 1. The Bertz CT molecular complexity index is 529. The Morgan fingerprint density at radius 1 is 0.564 bits per heavy atom. The molecule has 0 aromatic heterocycles. The summed E-state index contributed by atoms with van der Waals surface area (Å²) >= 11 is -4.62. The molecule has 0 aromatic rings. The van der Waals surface area contributed by atoms with Gasteiger partial charge >= 0.3 is 259 Å². The van der Waals surface area contributed by atoms with E-state index in [9.17, 15) is 5.11 Å². The monoisotopic (exact) mass is 764 g/mol. The molecule has 1 aliphatic carbocycles. The Hall–Kier alpha value is 1.56. The van der Waals surface area contributed by atoms with Crippen molar-refractivity contribution in [2.24, 2.45) is 11.3 Å². The van der Waals surface area contributed by atoms with Crippen molar-refractivity contribution < 1.29 is 5.11 Å². The van der Waals surface area contributed by atoms with Gasteiger partial charge in [-0.1, -0.05) is 0 Å². The van der Waals surface area contributed by atoms with Crippen molar-refractivity contribution in [1.82, 2.24) is 0 Å². The Labute approximate surface area is 257 Å². The van der Waals surface area contributed by atoms with Gasteiger partial charge in [-0.15, -0.1) is 0 Å². The summed E-state index contributed by atoms with van der Waals surface area (Å²) in [7, 11) is 0. The van der Waals surface area contributed by atoms with E-state index < -0.39 is 36.8 Å². The molecule has 1 nitrogen and oxygen atoms in total. The summed E-state index contributed by atoms with van der Waals surface area (Å²) in [4.78, 5) is 0. The molecule has 0 saturated heterocycles. The second kappa shape index (κ2) is 22.1. The molecular weight excluding hydrogens is 686 g/mol. The van der Waals surface area contributed by atoms with Crippen LogP contribution < -0.4 is 0 Å². The third-order valence-electron chi connectivity index (χ3n) is 11.2. The second-order valence-corrected chi connectivity index (χ2v) is 42.9. The fourth-order valence-electron chi connectivity index (χ4n) is 8.47. The van der Waals surface area contributed by atoms with Gasteiger partial charge in [-0.3, -0.25) is 0 Å². The van der Waals surface area contributed by atoms with Crippen LogP contribution in [0.1, 0.15) is 164 Å². The molecule has 0 bridgehead atoms. The van der Waals surface area contributed by atoms with E-state index in [-0.39, 0.29) is 11.5 Å². The first-order chi connectivity index (χ1) is 18.8. The van der Waals surface area contributed by atoms with Crippen LogP contribution in [0.4, 0.5) is 0 Å². The molecule has 0 aliphatic heterocycles. The molecule has 0 unspecified atom stereocenters. The van der Waals surface area contributed by atoms with Crippen LogP contribution in [-0.4, -0.2) is 48.0 Å². The minimum atomic E-state index is -2.39. The first-order valence-electron chi connectivity index (χ1n) is 18.5. The molecule has 0 aromatic carbocycles. The van der Waals surface area contributed by atoms with Crippen molar-refractivity contribution >= 4 is 36.8 Å². The van der Waals surface area contributed by atoms with Crippen molar-refractivity contribution in [2.45, 2.75) is 206 Å². The van der Waals surface area contributed by atoms with Crippen LogP contribution in [0.2, 0.25) is 35.5 Å². The van der Waals surface area contributed by atoms with Gasteiger partial charge in [0.15, 0.2) is 0 Å². The zero-order valence-electron chi connectivity index (χ0n) is 28.5. The zero-order chi connectivity index (χ0) is 29.0. The Morgan fingerprint density at radius 2 is 0.923 bits per heavy atom. The molecule has 3 heteroatoms. The van der Waals surface area contributed by atoms with Crippen molar-refractivity contribution in [1.29, 1.82) is 0 Å². The van der Waals surface area contributed by atoms with E-state index in [2.05, 4.69) is 48.5 Å². The summed E-state index contributed by atoms with van der Waals surface area (Å²) in [6.07, 6.45) is 25.2. The molecule has 39 heavy (non-hydrogen) atoms. The van der Waals surface area contributed by atoms with Crippen LogP contribution in [0.5, 0.6) is 0 Å². The third kappa shape index (κ3) is 14.3. The van der Waals surface area contributed by atoms with E-state index in [1.165, 1.54) is 120 Å². The number of hydrogen-bond donors (Lipinski definition) is 1. The number of unbranched alkanes of at least 4 members (excludes halogenated alkanes) is 6. The van der Waals surface area contributed by atoms with Gasteiger partial charge in [0.2, 0.25) is 0 Å². The molecule has 1 saturated carbocycles. The molecule has 1 N–H and O–H groups in total. The molecular formula is C36H76OSn2. The van der Waals surface area contributed by atoms with Crippen LogP contribution in [0.3, 0.4) is 0 Å². The van der Waals surface area contributed by atoms with E-state index >= 15 is 0 Å². The SMILES string of the molecule is CCC[CH2][Sn]([CH2]CCC)([CH2]CCC)[CH2]C[C@@](C)([CH2][Sn]([CH2]CCC)([CH2]CCC)[CH2]CCC)[C@H](O)C1CCCCC1. The minimum absolute atomic E-state index is 0.0359. The summed E-state index contributed by atoms with van der Waals surface area (Å²) in [5.41, 5.74) is 0.195. The van der Waals surface area contributed by atoms with Gasteiger partial charge < -0.3 is 0 Å². The molecule has 1 fully saturated rings. The van der Waals surface area contributed by atoms with Crippen LogP contribution in [0.25, 0.3) is 0 Å². The van der Waals surface area contributed by atoms with Gasteiger partial charge in [0.25, 0.3) is 0 Å². The fourth-order valence-corrected chi connectivity index (χ4v) is 44.4. The maximum absolute atomic E-state index is 12.4. The van der Waals surface area contributed by atoms with E-state index in [4.69, 9.17) is 0 Å². The number of rotatable bonds is 25. The van der Waals surface area contributed by atoms with Crippen LogP contribution in [0.15, 0.2) is 0 Å². The first-order valence-corrected chi connectivity index (χ1v) is 34.6. The summed E-state index contributed by atoms with van der Waals surface area (Å²) in [5.74, 6) is 0.586. The van der Waals surface area contributed by atoms with Crippen molar-refractivity contribution in [3.05, 3.63) is 0 Å². The van der Waals surface area contributed by atoms with Crippen LogP contribution in [-0.2, 0) is 0 Å². The summed E-state index contributed by atoms with van der Waals surface area (Å²) < 4.78 is 12.8. The zero-order valence-corrected chi connectivity index (χ0v) is 34.2. The Balaban J connectivity index is 3.42. The van der Waals surface area contributed by atoms with Crippen molar-refractivity contribution in [3.8, 4) is 0 Å². The van der Waals surface area contributed by atoms with E-state index in [0.717, 1.165) is 0 Å². The van der Waals surface area contributed by atoms with Crippen molar-refractivity contribution in [3.63, 3.8) is 0 Å². The maximum atomic E-state index is 12.4. The van der Waals surface area contributed by atoms with E-state index in [1.54, 1.807) is 31.1 Å². The van der Waals surface area contributed by atoms with Gasteiger partial charge in [-0.05, 0) is 0 Å². The Kier molecular flexibility index (Phi) is 21.9. The van der Waals surface area contributed by atoms with Crippen LogP contribution >= 0.6 is 0 Å². The third-order valence-corrected chi connectivity index (χ3v) is 43.6. The topological polar surface area (TPSA) is 20.2 Å². The summed E-state index contributed by atoms with van der Waals surface area (Å²) in [6, 6.07) is 0. The molecule has 1 rings (SSSR count). The fraction of sp³-hybridized carbons (Fsp3) is 1.00. The molecule has 0 amide bonds. The van der Waals surface area contributed by atoms with Gasteiger partial charge in [-0.2, -0.15) is 0 Å². The average molecular weight is 762 g/mol. The molecule has 234 valence electrons. The predicted octanol–water partition coefficient (Wildman–Crippen LogP) is 13.0. The average Bonchev–Trinajstić information content (AvgIpc) is 2.97. The molecule has 0 spiro atoms. The Morgan fingerprint density at radius 3 is 1.28 bits per heavy atom. The molecule has 0 heterocycles. The van der Waals surface area contributed by atoms with Crippen molar-refractivity contribution in [2.75, 3.05) is 0 Å². The summed E-state index contributed by atoms with van der Waals surface area (Å²) in [5, 5.41) is 12.4. The normalized spacial score (nSPS) is 17.8. The van der Waals surface area contributed by atoms with Gasteiger partial charge in [0.1, 0.15) is 0 Å². The summed E-state index contributed by atoms with van der Waals surface area (Å²) in [6.45, 7) is 17.2. The van der Waals surface area contributed by atoms with Gasteiger partial charge in [-0.25, -0.2) is 0 Å². The molecule has 1 aliphatic rings. The standard InChI is InChI=1S/C12H22O.6C4H9.2Sn/c1-4-12(2,3)11(13)10-8-6-5-7-9-10;6*1-3-4-2;;/h10-11,13H,1-2,4-9H2,3H3;6*1,3-4H2,2H3;;/t11-,12+;;;;;;;;/m1......../s1. The second-order valence-electron chi connectivity index (χ2n) is 14.8. The van der Waals surface area contributed by atoms with Gasteiger partial charge in [0.05, 0.1) is 0 Å². The predicted molar refractivity (Wildman–Crippen MR) is 185 cm³/mol. The molecule has 0 radical (unpaired) electrons. The van der Waals surface area contributed by atoms with E-state index in [1.807, 2.05) is 0 Å². The first kappa shape index (κ1) is 38.6. The number of aliphatic hydroxyl groups is 1. The number of aliphatic hydroxyl groups excluding tert-OH is 1. The van der Waals surface area contributed by atoms with Crippen LogP contribution in [0, 0.1) is 11.3 Å². The molecule has 2 atom stereocenters.